The van der Waals surface area contributed by atoms with Crippen molar-refractivity contribution in [1.29, 1.82) is 0 Å². The highest BCUT2D eigenvalue weighted by molar-refractivity contribution is 7.84. The lowest BCUT2D eigenvalue weighted by Crippen LogP contribution is -2.15. The molecule has 102 valence electrons. The van der Waals surface area contributed by atoms with Gasteiger partial charge in [0.15, 0.2) is 5.82 Å². The van der Waals surface area contributed by atoms with Gasteiger partial charge in [-0.1, -0.05) is 11.6 Å². The zero-order valence-corrected chi connectivity index (χ0v) is 12.1. The van der Waals surface area contributed by atoms with Gasteiger partial charge >= 0.3 is 0 Å². The third-order valence-electron chi connectivity index (χ3n) is 2.64. The first-order valence-electron chi connectivity index (χ1n) is 5.62. The molecule has 8 heteroatoms. The second-order valence-electron chi connectivity index (χ2n) is 4.27. The van der Waals surface area contributed by atoms with Crippen LogP contribution in [0.25, 0.3) is 11.4 Å². The summed E-state index contributed by atoms with van der Waals surface area (Å²) >= 11 is 6.00. The van der Waals surface area contributed by atoms with E-state index in [-0.39, 0.29) is 6.04 Å². The van der Waals surface area contributed by atoms with E-state index < -0.39 is 10.8 Å². The molecule has 1 aromatic carbocycles. The molecule has 1 heterocycles. The van der Waals surface area contributed by atoms with Crippen LogP contribution in [0.2, 0.25) is 5.02 Å². The van der Waals surface area contributed by atoms with Gasteiger partial charge in [-0.15, -0.1) is 5.10 Å². The molecular formula is C11H14ClN5OS. The van der Waals surface area contributed by atoms with E-state index in [0.29, 0.717) is 22.3 Å². The maximum Gasteiger partial charge on any atom is 0.182 e. The van der Waals surface area contributed by atoms with Gasteiger partial charge in [0.25, 0.3) is 0 Å². The molecule has 0 aliphatic heterocycles. The highest BCUT2D eigenvalue weighted by Crippen LogP contribution is 2.26. The van der Waals surface area contributed by atoms with E-state index in [2.05, 4.69) is 15.5 Å². The molecule has 6 nitrogen and oxygen atoms in total. The van der Waals surface area contributed by atoms with Gasteiger partial charge in [-0.25, -0.2) is 4.68 Å². The average molecular weight is 300 g/mol. The summed E-state index contributed by atoms with van der Waals surface area (Å²) in [6.45, 7) is 1.92. The number of aromatic nitrogens is 4. The Hall–Kier alpha value is -1.47. The standard InChI is InChI=1S/C11H14ClN5OS/c1-7(6-19(2)18)17-11(14-15-16-17)8-3-4-10(13)9(12)5-8/h3-5,7H,6,13H2,1-2H3. The molecule has 0 aliphatic rings. The minimum Gasteiger partial charge on any atom is -0.398 e. The average Bonchev–Trinajstić information content (AvgIpc) is 2.81. The molecule has 0 saturated carbocycles. The molecule has 19 heavy (non-hydrogen) atoms. The summed E-state index contributed by atoms with van der Waals surface area (Å²) in [6.07, 6.45) is 1.65. The Balaban J connectivity index is 2.38. The predicted octanol–water partition coefficient (Wildman–Crippen LogP) is 1.52. The number of benzene rings is 1. The highest BCUT2D eigenvalue weighted by atomic mass is 35.5. The number of rotatable bonds is 4. The van der Waals surface area contributed by atoms with Crippen LogP contribution in [0.3, 0.4) is 0 Å². The van der Waals surface area contributed by atoms with Crippen molar-refractivity contribution in [2.45, 2.75) is 13.0 Å². The lowest BCUT2D eigenvalue weighted by Gasteiger charge is -2.12. The molecule has 0 radical (unpaired) electrons. The van der Waals surface area contributed by atoms with Crippen molar-refractivity contribution in [1.82, 2.24) is 20.2 Å². The summed E-state index contributed by atoms with van der Waals surface area (Å²) in [6, 6.07) is 5.17. The van der Waals surface area contributed by atoms with Gasteiger partial charge < -0.3 is 5.73 Å². The maximum atomic E-state index is 11.3. The normalized spacial score (nSPS) is 14.3. The molecule has 0 spiro atoms. The van der Waals surface area contributed by atoms with Crippen molar-refractivity contribution in [3.63, 3.8) is 0 Å². The van der Waals surface area contributed by atoms with E-state index in [1.807, 2.05) is 6.92 Å². The predicted molar refractivity (Wildman–Crippen MR) is 76.3 cm³/mol. The molecule has 2 aromatic rings. The zero-order chi connectivity index (χ0) is 14.0. The van der Waals surface area contributed by atoms with Crippen molar-refractivity contribution >= 4 is 28.1 Å². The van der Waals surface area contributed by atoms with Gasteiger partial charge in [0, 0.05) is 28.4 Å². The van der Waals surface area contributed by atoms with E-state index in [1.165, 1.54) is 0 Å². The van der Waals surface area contributed by atoms with Crippen LogP contribution in [-0.2, 0) is 10.8 Å². The van der Waals surface area contributed by atoms with Gasteiger partial charge in [0.2, 0.25) is 0 Å². The molecule has 0 amide bonds. The van der Waals surface area contributed by atoms with E-state index in [4.69, 9.17) is 17.3 Å². The summed E-state index contributed by atoms with van der Waals surface area (Å²) in [5.74, 6) is 1.07. The van der Waals surface area contributed by atoms with E-state index >= 15 is 0 Å². The Labute approximate surface area is 118 Å². The SMILES string of the molecule is CC(CS(C)=O)n1nnnc1-c1ccc(N)c(Cl)c1. The van der Waals surface area contributed by atoms with E-state index in [1.54, 1.807) is 29.1 Å². The second-order valence-corrected chi connectivity index (χ2v) is 6.16. The Kier molecular flexibility index (Phi) is 4.16. The first-order valence-corrected chi connectivity index (χ1v) is 7.73. The lowest BCUT2D eigenvalue weighted by atomic mass is 10.2. The Morgan fingerprint density at radius 3 is 2.89 bits per heavy atom. The quantitative estimate of drug-likeness (QED) is 0.865. The molecular weight excluding hydrogens is 286 g/mol. The Morgan fingerprint density at radius 2 is 2.26 bits per heavy atom. The van der Waals surface area contributed by atoms with Crippen LogP contribution in [0.15, 0.2) is 18.2 Å². The molecule has 2 N–H and O–H groups in total. The van der Waals surface area contributed by atoms with E-state index in [0.717, 1.165) is 5.56 Å². The topological polar surface area (TPSA) is 86.7 Å². The molecule has 0 fully saturated rings. The molecule has 0 saturated heterocycles. The minimum absolute atomic E-state index is 0.0628. The second kappa shape index (κ2) is 5.66. The fourth-order valence-electron chi connectivity index (χ4n) is 1.76. The maximum absolute atomic E-state index is 11.3. The van der Waals surface area contributed by atoms with E-state index in [9.17, 15) is 4.21 Å². The molecule has 2 rings (SSSR count). The third kappa shape index (κ3) is 3.10. The van der Waals surface area contributed by atoms with Crippen LogP contribution >= 0.6 is 11.6 Å². The zero-order valence-electron chi connectivity index (χ0n) is 10.6. The molecule has 1 aromatic heterocycles. The summed E-state index contributed by atoms with van der Waals surface area (Å²) in [4.78, 5) is 0. The van der Waals surface area contributed by atoms with Crippen molar-refractivity contribution in [3.8, 4) is 11.4 Å². The Morgan fingerprint density at radius 1 is 1.53 bits per heavy atom. The number of anilines is 1. The fourth-order valence-corrected chi connectivity index (χ4v) is 2.76. The van der Waals surface area contributed by atoms with Crippen LogP contribution in [0.5, 0.6) is 0 Å². The first-order chi connectivity index (χ1) is 8.99. The van der Waals surface area contributed by atoms with Crippen LogP contribution in [0.4, 0.5) is 5.69 Å². The van der Waals surface area contributed by atoms with Gasteiger partial charge in [0.05, 0.1) is 16.8 Å². The van der Waals surface area contributed by atoms with Gasteiger partial charge in [0.1, 0.15) is 0 Å². The smallest absolute Gasteiger partial charge is 0.182 e. The lowest BCUT2D eigenvalue weighted by molar-refractivity contribution is 0.521. The number of nitrogens with zero attached hydrogens (tertiary/aromatic N) is 4. The van der Waals surface area contributed by atoms with Crippen LogP contribution < -0.4 is 5.73 Å². The summed E-state index contributed by atoms with van der Waals surface area (Å²) in [5, 5.41) is 12.1. The van der Waals surface area contributed by atoms with Crippen molar-refractivity contribution in [2.24, 2.45) is 0 Å². The first kappa shape index (κ1) is 14.0. The summed E-state index contributed by atoms with van der Waals surface area (Å²) < 4.78 is 12.9. The van der Waals surface area contributed by atoms with Gasteiger partial charge in [-0.3, -0.25) is 4.21 Å². The summed E-state index contributed by atoms with van der Waals surface area (Å²) in [5.41, 5.74) is 6.96. The summed E-state index contributed by atoms with van der Waals surface area (Å²) in [7, 11) is -0.915. The monoisotopic (exact) mass is 299 g/mol. The molecule has 0 bridgehead atoms. The largest absolute Gasteiger partial charge is 0.398 e. The minimum atomic E-state index is -0.915. The number of halogens is 1. The number of nitrogen functional groups attached to an aromatic ring is 1. The van der Waals surface area contributed by atoms with Crippen molar-refractivity contribution < 1.29 is 4.21 Å². The molecule has 2 atom stereocenters. The van der Waals surface area contributed by atoms with Crippen molar-refractivity contribution in [3.05, 3.63) is 23.2 Å². The van der Waals surface area contributed by atoms with Crippen LogP contribution in [0, 0.1) is 0 Å². The number of hydrogen-bond acceptors (Lipinski definition) is 5. The number of tetrazole rings is 1. The fraction of sp³-hybridized carbons (Fsp3) is 0.364. The van der Waals surface area contributed by atoms with Crippen LogP contribution in [0.1, 0.15) is 13.0 Å². The Bertz CT molecular complexity index is 615. The highest BCUT2D eigenvalue weighted by Gasteiger charge is 2.16. The molecule has 0 aliphatic carbocycles. The number of nitrogens with two attached hydrogens (primary N) is 1. The third-order valence-corrected chi connectivity index (χ3v) is 3.92. The van der Waals surface area contributed by atoms with Gasteiger partial charge in [-0.2, -0.15) is 0 Å². The number of hydrogen-bond donors (Lipinski definition) is 1. The molecule has 2 unspecified atom stereocenters. The van der Waals surface area contributed by atoms with Gasteiger partial charge in [-0.05, 0) is 35.5 Å². The van der Waals surface area contributed by atoms with Crippen LogP contribution in [-0.4, -0.2) is 36.4 Å². The van der Waals surface area contributed by atoms with Crippen molar-refractivity contribution in [2.75, 3.05) is 17.7 Å².